The summed E-state index contributed by atoms with van der Waals surface area (Å²) < 4.78 is 109. The van der Waals surface area contributed by atoms with E-state index >= 15 is 0 Å². The second-order valence-electron chi connectivity index (χ2n) is 14.2. The lowest BCUT2D eigenvalue weighted by molar-refractivity contribution is -0.323. The number of nitrogens with two attached hydrogens (primary N) is 2. The number of rotatable bonds is 17. The average Bonchev–Trinajstić information content (AvgIpc) is 3.00. The number of unbranched alkanes of at least 4 members (excludes halogenated alkanes) is 2. The van der Waals surface area contributed by atoms with Gasteiger partial charge in [0.05, 0.1) is 18.1 Å². The third-order valence-electron chi connectivity index (χ3n) is 8.74. The van der Waals surface area contributed by atoms with Crippen molar-refractivity contribution in [2.24, 2.45) is 16.9 Å². The van der Waals surface area contributed by atoms with E-state index in [1.54, 1.807) is 6.07 Å². The number of hydrogen-bond donors (Lipinski definition) is 2. The molecule has 0 saturated heterocycles. The molecule has 14 heteroatoms. The highest BCUT2D eigenvalue weighted by atomic mass is 19.3. The molecule has 0 aliphatic rings. The van der Waals surface area contributed by atoms with Crippen LogP contribution in [0.5, 0.6) is 11.5 Å². The molecule has 0 aliphatic heterocycles. The van der Waals surface area contributed by atoms with Crippen LogP contribution in [0.2, 0.25) is 0 Å². The highest BCUT2D eigenvalue weighted by molar-refractivity contribution is 5.84. The first-order valence-electron chi connectivity index (χ1n) is 16.2. The lowest BCUT2D eigenvalue weighted by Crippen LogP contribution is -2.60. The molecule has 0 amide bonds. The van der Waals surface area contributed by atoms with Gasteiger partial charge in [-0.1, -0.05) is 31.9 Å². The Morgan fingerprint density at radius 1 is 0.840 bits per heavy atom. The first-order valence-corrected chi connectivity index (χ1v) is 16.2. The van der Waals surface area contributed by atoms with E-state index in [4.69, 9.17) is 25.4 Å². The molecule has 0 aliphatic carbocycles. The fraction of sp³-hybridized carbons (Fsp3) is 0.556. The van der Waals surface area contributed by atoms with Gasteiger partial charge >= 0.3 is 29.4 Å². The third-order valence-corrected chi connectivity index (χ3v) is 8.74. The van der Waals surface area contributed by atoms with Crippen LogP contribution in [0.25, 0.3) is 22.1 Å². The Morgan fingerprint density at radius 2 is 1.48 bits per heavy atom. The number of benzene rings is 2. The van der Waals surface area contributed by atoms with Gasteiger partial charge in [-0.25, -0.2) is 4.79 Å². The van der Waals surface area contributed by atoms with Crippen LogP contribution in [-0.2, 0) is 16.0 Å². The van der Waals surface area contributed by atoms with Crippen molar-refractivity contribution in [2.75, 3.05) is 20.3 Å². The number of esters is 1. The molecule has 8 nitrogen and oxygen atoms in total. The second kappa shape index (κ2) is 14.8. The van der Waals surface area contributed by atoms with E-state index in [0.717, 1.165) is 43.4 Å². The minimum absolute atomic E-state index is 0.134. The van der Waals surface area contributed by atoms with Crippen molar-refractivity contribution in [1.29, 1.82) is 0 Å². The van der Waals surface area contributed by atoms with Crippen molar-refractivity contribution >= 4 is 16.9 Å². The van der Waals surface area contributed by atoms with Crippen molar-refractivity contribution in [3.05, 3.63) is 58.4 Å². The minimum atomic E-state index is -6.02. The normalized spacial score (nSPS) is 14.4. The van der Waals surface area contributed by atoms with Crippen LogP contribution in [0.3, 0.4) is 0 Å². The van der Waals surface area contributed by atoms with Gasteiger partial charge in [0, 0.05) is 28.1 Å². The van der Waals surface area contributed by atoms with Gasteiger partial charge in [0.1, 0.15) is 17.1 Å². The molecule has 4 N–H and O–H groups in total. The molecule has 3 aromatic rings. The van der Waals surface area contributed by atoms with Crippen molar-refractivity contribution < 1.29 is 49.8 Å². The highest BCUT2D eigenvalue weighted by Gasteiger charge is 2.72. The van der Waals surface area contributed by atoms with Crippen LogP contribution in [-0.4, -0.2) is 55.1 Å². The fourth-order valence-corrected chi connectivity index (χ4v) is 5.47. The molecule has 1 aromatic heterocycles. The second-order valence-corrected chi connectivity index (χ2v) is 14.2. The van der Waals surface area contributed by atoms with Gasteiger partial charge in [0.25, 0.3) is 0 Å². The lowest BCUT2D eigenvalue weighted by Gasteiger charge is -2.43. The molecule has 0 spiro atoms. The summed E-state index contributed by atoms with van der Waals surface area (Å²) in [6.07, 6.45) is 3.76. The number of carbonyl (C=O) groups excluding carboxylic acids is 1. The molecular formula is C36H46F6N2O6. The van der Waals surface area contributed by atoms with Crippen LogP contribution in [0.1, 0.15) is 72.8 Å². The number of methoxy groups -OCH3 is 1. The number of ether oxygens (including phenoxy) is 3. The zero-order chi connectivity index (χ0) is 37.9. The predicted octanol–water partition coefficient (Wildman–Crippen LogP) is 7.90. The smallest absolute Gasteiger partial charge is 0.378 e. The van der Waals surface area contributed by atoms with Crippen LogP contribution in [0.4, 0.5) is 26.3 Å². The van der Waals surface area contributed by atoms with Crippen molar-refractivity contribution in [2.45, 2.75) is 102 Å². The summed E-state index contributed by atoms with van der Waals surface area (Å²) in [5, 5.41) is 0.331. The molecule has 1 unspecified atom stereocenters. The van der Waals surface area contributed by atoms with E-state index in [9.17, 15) is 35.9 Å². The molecule has 50 heavy (non-hydrogen) atoms. The van der Waals surface area contributed by atoms with E-state index in [0.29, 0.717) is 16.7 Å². The standard InChI is InChI=1S/C36H46F6N2O6/c1-8-9-10-11-22-12-15-25(28(16-22)47-7)26-17-23-13-14-24(18-27(23)50-29(26)45)48-20-34(37,38)36(41,42)35(39,40)21-49-30(46)33(6,32(4,5)44)19-31(2,3)43/h12-18H,8-11,19-21,43-44H2,1-7H3. The molecule has 0 bridgehead atoms. The number of hydrogen-bond acceptors (Lipinski definition) is 8. The van der Waals surface area contributed by atoms with Crippen molar-refractivity contribution in [3.8, 4) is 22.6 Å². The Bertz CT molecular complexity index is 1710. The predicted molar refractivity (Wildman–Crippen MR) is 178 cm³/mol. The zero-order valence-electron chi connectivity index (χ0n) is 29.4. The average molecular weight is 717 g/mol. The van der Waals surface area contributed by atoms with Crippen LogP contribution < -0.4 is 26.6 Å². The van der Waals surface area contributed by atoms with Gasteiger partial charge in [-0.15, -0.1) is 0 Å². The summed E-state index contributed by atoms with van der Waals surface area (Å²) in [6.45, 7) is 4.65. The van der Waals surface area contributed by atoms with Gasteiger partial charge in [0.2, 0.25) is 0 Å². The molecule has 1 heterocycles. The van der Waals surface area contributed by atoms with Crippen molar-refractivity contribution in [3.63, 3.8) is 0 Å². The molecule has 278 valence electrons. The highest BCUT2D eigenvalue weighted by Crippen LogP contribution is 2.47. The number of alkyl halides is 6. The molecule has 2 aromatic carbocycles. The van der Waals surface area contributed by atoms with Crippen molar-refractivity contribution in [1.82, 2.24) is 0 Å². The maximum atomic E-state index is 14.7. The minimum Gasteiger partial charge on any atom is -0.496 e. The van der Waals surface area contributed by atoms with E-state index in [-0.39, 0.29) is 17.6 Å². The van der Waals surface area contributed by atoms with Crippen LogP contribution >= 0.6 is 0 Å². The zero-order valence-corrected chi connectivity index (χ0v) is 29.4. The molecule has 1 atom stereocenters. The first-order chi connectivity index (χ1) is 22.9. The van der Waals surface area contributed by atoms with Crippen LogP contribution in [0, 0.1) is 5.41 Å². The fourth-order valence-electron chi connectivity index (χ4n) is 5.47. The van der Waals surface area contributed by atoms with Gasteiger partial charge in [-0.05, 0) is 83.7 Å². The quantitative estimate of drug-likeness (QED) is 0.0625. The summed E-state index contributed by atoms with van der Waals surface area (Å²) >= 11 is 0. The van der Waals surface area contributed by atoms with E-state index in [2.05, 4.69) is 11.7 Å². The summed E-state index contributed by atoms with van der Waals surface area (Å²) in [4.78, 5) is 25.8. The number of aryl methyl sites for hydroxylation is 1. The Morgan fingerprint density at radius 3 is 2.06 bits per heavy atom. The SMILES string of the molecule is CCCCCc1ccc(-c2cc3ccc(OCC(F)(F)C(F)(F)C(F)(F)COC(=O)C(C)(CC(C)(C)N)C(C)(C)N)cc3oc2=O)c(OC)c1. The molecule has 0 fully saturated rings. The summed E-state index contributed by atoms with van der Waals surface area (Å²) in [5.74, 6) is -18.4. The van der Waals surface area contributed by atoms with E-state index < -0.39 is 64.8 Å². The monoisotopic (exact) mass is 716 g/mol. The van der Waals surface area contributed by atoms with Gasteiger partial charge in [-0.2, -0.15) is 26.3 Å². The Balaban J connectivity index is 1.78. The largest absolute Gasteiger partial charge is 0.496 e. The Hall–Kier alpha value is -3.78. The molecule has 0 radical (unpaired) electrons. The molecular weight excluding hydrogens is 670 g/mol. The van der Waals surface area contributed by atoms with E-state index in [1.165, 1.54) is 53.9 Å². The third kappa shape index (κ3) is 8.92. The van der Waals surface area contributed by atoms with Gasteiger partial charge in [-0.3, -0.25) is 4.79 Å². The first kappa shape index (κ1) is 40.6. The lowest BCUT2D eigenvalue weighted by atomic mass is 9.67. The number of carbonyl (C=O) groups is 1. The van der Waals surface area contributed by atoms with Gasteiger partial charge < -0.3 is 30.1 Å². The Labute approximate surface area is 287 Å². The summed E-state index contributed by atoms with van der Waals surface area (Å²) in [7, 11) is 1.46. The topological polar surface area (TPSA) is 127 Å². The molecule has 0 saturated carbocycles. The maximum Gasteiger partial charge on any atom is 0.378 e. The van der Waals surface area contributed by atoms with E-state index in [1.807, 2.05) is 12.1 Å². The van der Waals surface area contributed by atoms with Crippen LogP contribution in [0.15, 0.2) is 51.7 Å². The maximum absolute atomic E-state index is 14.7. The van der Waals surface area contributed by atoms with Gasteiger partial charge in [0.15, 0.2) is 13.2 Å². The summed E-state index contributed by atoms with van der Waals surface area (Å²) in [5.41, 5.74) is 8.53. The number of halogens is 6. The number of fused-ring (bicyclic) bond motifs is 1. The molecule has 3 rings (SSSR count). The Kier molecular flexibility index (Phi) is 12.1. The summed E-state index contributed by atoms with van der Waals surface area (Å²) in [6, 6.07) is 10.4.